The van der Waals surface area contributed by atoms with Gasteiger partial charge in [-0.1, -0.05) is 42.3 Å². The van der Waals surface area contributed by atoms with Crippen molar-refractivity contribution in [3.63, 3.8) is 0 Å². The van der Waals surface area contributed by atoms with Crippen molar-refractivity contribution >= 4 is 13.9 Å². The van der Waals surface area contributed by atoms with E-state index in [1.807, 2.05) is 36.4 Å². The minimum atomic E-state index is -3.50. The molecule has 0 bridgehead atoms. The Bertz CT molecular complexity index is 559. The summed E-state index contributed by atoms with van der Waals surface area (Å²) in [6, 6.07) is 9.86. The predicted octanol–water partition coefficient (Wildman–Crippen LogP) is 4.68. The topological polar surface area (TPSA) is 44.8 Å². The molecule has 0 aromatic heterocycles. The minimum absolute atomic E-state index is 0.154. The molecule has 0 saturated heterocycles. The maximum atomic E-state index is 12.3. The first-order valence-electron chi connectivity index (χ1n) is 7.31. The minimum Gasteiger partial charge on any atom is -0.287 e. The zero-order chi connectivity index (χ0) is 16.3. The summed E-state index contributed by atoms with van der Waals surface area (Å²) in [5, 5.41) is 0. The zero-order valence-corrected chi connectivity index (χ0v) is 14.3. The molecule has 4 nitrogen and oxygen atoms in total. The van der Waals surface area contributed by atoms with E-state index >= 15 is 0 Å². The van der Waals surface area contributed by atoms with Gasteiger partial charge in [0, 0.05) is 6.42 Å². The van der Waals surface area contributed by atoms with Gasteiger partial charge in [-0.15, -0.1) is 5.92 Å². The molecular weight excluding hydrogens is 299 g/mol. The highest BCUT2D eigenvalue weighted by Crippen LogP contribution is 2.49. The first kappa shape index (κ1) is 18.7. The Kier molecular flexibility index (Phi) is 8.81. The third-order valence-corrected chi connectivity index (χ3v) is 4.24. The number of phosphoric acid groups is 1. The largest absolute Gasteiger partial charge is 0.475 e. The lowest BCUT2D eigenvalue weighted by Gasteiger charge is -2.17. The number of hydrogen-bond donors (Lipinski definition) is 0. The normalized spacial score (nSPS) is 11.9. The van der Waals surface area contributed by atoms with Crippen molar-refractivity contribution in [1.82, 2.24) is 0 Å². The summed E-state index contributed by atoms with van der Waals surface area (Å²) in [6.45, 7) is 5.97. The van der Waals surface area contributed by atoms with Crippen LogP contribution in [-0.2, 0) is 18.1 Å². The van der Waals surface area contributed by atoms with Gasteiger partial charge in [0.05, 0.1) is 19.8 Å². The van der Waals surface area contributed by atoms with Crippen molar-refractivity contribution in [3.05, 3.63) is 41.5 Å². The van der Waals surface area contributed by atoms with Crippen molar-refractivity contribution in [3.8, 4) is 11.8 Å². The maximum Gasteiger partial charge on any atom is 0.475 e. The second kappa shape index (κ2) is 10.4. The Balaban J connectivity index is 2.82. The van der Waals surface area contributed by atoms with Gasteiger partial charge in [0.1, 0.15) is 0 Å². The summed E-state index contributed by atoms with van der Waals surface area (Å²) in [5.41, 5.74) is 1.96. The van der Waals surface area contributed by atoms with Crippen LogP contribution in [0.2, 0.25) is 0 Å². The Hall–Kier alpha value is -1.37. The van der Waals surface area contributed by atoms with Crippen molar-refractivity contribution in [2.45, 2.75) is 27.2 Å². The predicted molar refractivity (Wildman–Crippen MR) is 89.3 cm³/mol. The number of benzene rings is 1. The number of hydrogen-bond acceptors (Lipinski definition) is 4. The number of phosphoric ester groups is 1. The molecule has 0 saturated carbocycles. The first-order valence-corrected chi connectivity index (χ1v) is 8.77. The van der Waals surface area contributed by atoms with Gasteiger partial charge in [-0.25, -0.2) is 4.57 Å². The Morgan fingerprint density at radius 3 is 2.32 bits per heavy atom. The lowest BCUT2D eigenvalue weighted by molar-refractivity contribution is 0.129. The average molecular weight is 322 g/mol. The van der Waals surface area contributed by atoms with E-state index in [9.17, 15) is 4.57 Å². The molecular formula is C17H23O4P. The van der Waals surface area contributed by atoms with E-state index in [-0.39, 0.29) is 19.8 Å². The lowest BCUT2D eigenvalue weighted by Crippen LogP contribution is -2.03. The van der Waals surface area contributed by atoms with Gasteiger partial charge in [-0.3, -0.25) is 13.6 Å². The molecule has 0 radical (unpaired) electrons. The van der Waals surface area contributed by atoms with E-state index in [0.29, 0.717) is 6.42 Å². The van der Waals surface area contributed by atoms with E-state index < -0.39 is 7.82 Å². The fraction of sp³-hybridized carbons (Fsp3) is 0.412. The summed E-state index contributed by atoms with van der Waals surface area (Å²) >= 11 is 0. The standard InChI is InChI=1S/C17H23O4P/c1-4-7-11-17(14-16-12-9-8-10-13-16)15-21-22(18,19-5-2)20-6-3/h8-10,12-14H,5-6,11,15H2,1-3H3/b17-14-. The molecule has 0 heterocycles. The highest BCUT2D eigenvalue weighted by molar-refractivity contribution is 7.48. The van der Waals surface area contributed by atoms with Crippen molar-refractivity contribution < 1.29 is 18.1 Å². The van der Waals surface area contributed by atoms with Gasteiger partial charge in [0.2, 0.25) is 0 Å². The highest BCUT2D eigenvalue weighted by Gasteiger charge is 2.25. The SMILES string of the molecule is CC#CC/C(=C/c1ccccc1)COP(=O)(OCC)OCC. The Morgan fingerprint density at radius 2 is 1.77 bits per heavy atom. The molecule has 5 heteroatoms. The highest BCUT2D eigenvalue weighted by atomic mass is 31.2. The molecule has 0 spiro atoms. The van der Waals surface area contributed by atoms with Crippen LogP contribution in [0.1, 0.15) is 32.8 Å². The van der Waals surface area contributed by atoms with E-state index in [1.54, 1.807) is 20.8 Å². The van der Waals surface area contributed by atoms with E-state index in [2.05, 4.69) is 11.8 Å². The van der Waals surface area contributed by atoms with Crippen LogP contribution in [0, 0.1) is 11.8 Å². The van der Waals surface area contributed by atoms with Crippen LogP contribution in [-0.4, -0.2) is 19.8 Å². The first-order chi connectivity index (χ1) is 10.6. The van der Waals surface area contributed by atoms with Gasteiger partial charge in [0.15, 0.2) is 0 Å². The van der Waals surface area contributed by atoms with Gasteiger partial charge >= 0.3 is 7.82 Å². The molecule has 0 atom stereocenters. The second-order valence-corrected chi connectivity index (χ2v) is 6.04. The summed E-state index contributed by atoms with van der Waals surface area (Å²) in [6.07, 6.45) is 2.52. The molecule has 0 aliphatic heterocycles. The monoisotopic (exact) mass is 322 g/mol. The molecule has 0 aliphatic rings. The molecule has 1 aromatic rings. The number of rotatable bonds is 9. The van der Waals surface area contributed by atoms with Crippen molar-refractivity contribution in [1.29, 1.82) is 0 Å². The Labute approximate surface area is 133 Å². The van der Waals surface area contributed by atoms with Crippen LogP contribution in [0.3, 0.4) is 0 Å². The van der Waals surface area contributed by atoms with Crippen LogP contribution in [0.15, 0.2) is 35.9 Å². The van der Waals surface area contributed by atoms with Gasteiger partial charge < -0.3 is 0 Å². The fourth-order valence-electron chi connectivity index (χ4n) is 1.72. The van der Waals surface area contributed by atoms with Crippen molar-refractivity contribution in [2.24, 2.45) is 0 Å². The van der Waals surface area contributed by atoms with Crippen LogP contribution in [0.5, 0.6) is 0 Å². The quantitative estimate of drug-likeness (QED) is 0.489. The third-order valence-electron chi connectivity index (χ3n) is 2.65. The molecule has 120 valence electrons. The van der Waals surface area contributed by atoms with Gasteiger partial charge in [0.25, 0.3) is 0 Å². The summed E-state index contributed by atoms with van der Waals surface area (Å²) in [5.74, 6) is 5.85. The molecule has 0 amide bonds. The maximum absolute atomic E-state index is 12.3. The van der Waals surface area contributed by atoms with Crippen LogP contribution < -0.4 is 0 Å². The molecule has 0 unspecified atom stereocenters. The molecule has 0 aliphatic carbocycles. The Morgan fingerprint density at radius 1 is 1.14 bits per heavy atom. The molecule has 0 N–H and O–H groups in total. The summed E-state index contributed by atoms with van der Waals surface area (Å²) in [7, 11) is -3.50. The fourth-order valence-corrected chi connectivity index (χ4v) is 2.90. The zero-order valence-electron chi connectivity index (χ0n) is 13.4. The van der Waals surface area contributed by atoms with Crippen LogP contribution in [0.25, 0.3) is 6.08 Å². The smallest absolute Gasteiger partial charge is 0.287 e. The molecule has 22 heavy (non-hydrogen) atoms. The van der Waals surface area contributed by atoms with Gasteiger partial charge in [-0.05, 0) is 31.9 Å². The molecule has 1 aromatic carbocycles. The van der Waals surface area contributed by atoms with Gasteiger partial charge in [-0.2, -0.15) is 0 Å². The summed E-state index contributed by atoms with van der Waals surface area (Å²) in [4.78, 5) is 0. The van der Waals surface area contributed by atoms with Crippen LogP contribution in [0.4, 0.5) is 0 Å². The van der Waals surface area contributed by atoms with E-state index in [4.69, 9.17) is 13.6 Å². The van der Waals surface area contributed by atoms with Crippen LogP contribution >= 0.6 is 7.82 Å². The third kappa shape index (κ3) is 7.06. The second-order valence-electron chi connectivity index (χ2n) is 4.37. The summed E-state index contributed by atoms with van der Waals surface area (Å²) < 4.78 is 28.0. The van der Waals surface area contributed by atoms with Crippen molar-refractivity contribution in [2.75, 3.05) is 19.8 Å². The van der Waals surface area contributed by atoms with E-state index in [0.717, 1.165) is 11.1 Å². The average Bonchev–Trinajstić information content (AvgIpc) is 2.51. The lowest BCUT2D eigenvalue weighted by atomic mass is 10.1. The van der Waals surface area contributed by atoms with E-state index in [1.165, 1.54) is 0 Å². The molecule has 1 rings (SSSR count). The molecule has 0 fully saturated rings.